The molecule has 4 rings (SSSR count). The molecule has 1 N–H and O–H groups in total. The minimum atomic E-state index is -0.493. The van der Waals surface area contributed by atoms with Gasteiger partial charge in [0.2, 0.25) is 0 Å². The molecule has 2 aromatic heterocycles. The third-order valence-corrected chi connectivity index (χ3v) is 4.63. The highest BCUT2D eigenvalue weighted by molar-refractivity contribution is 6.03. The molecule has 0 aliphatic heterocycles. The van der Waals surface area contributed by atoms with Gasteiger partial charge in [0, 0.05) is 36.3 Å². The first-order valence-corrected chi connectivity index (χ1v) is 9.70. The predicted molar refractivity (Wildman–Crippen MR) is 115 cm³/mol. The number of aromatic nitrogens is 5. The van der Waals surface area contributed by atoms with Crippen molar-refractivity contribution in [2.75, 3.05) is 11.9 Å². The molecule has 0 radical (unpaired) electrons. The lowest BCUT2D eigenvalue weighted by Gasteiger charge is -2.09. The van der Waals surface area contributed by atoms with Crippen LogP contribution in [0.3, 0.4) is 0 Å². The number of nitro benzene ring substituents is 1. The summed E-state index contributed by atoms with van der Waals surface area (Å²) in [5.41, 5.74) is 1.47. The molecule has 11 heteroatoms. The van der Waals surface area contributed by atoms with Gasteiger partial charge in [-0.2, -0.15) is 5.10 Å². The monoisotopic (exact) mass is 433 g/mol. The van der Waals surface area contributed by atoms with Gasteiger partial charge in [-0.05, 0) is 31.2 Å². The van der Waals surface area contributed by atoms with E-state index in [2.05, 4.69) is 20.7 Å². The van der Waals surface area contributed by atoms with Gasteiger partial charge in [-0.25, -0.2) is 4.68 Å². The van der Waals surface area contributed by atoms with Crippen LogP contribution in [0, 0.1) is 17.0 Å². The van der Waals surface area contributed by atoms with E-state index in [0.29, 0.717) is 36.0 Å². The van der Waals surface area contributed by atoms with Gasteiger partial charge < -0.3 is 10.1 Å². The van der Waals surface area contributed by atoms with Crippen LogP contribution in [-0.2, 0) is 6.54 Å². The zero-order valence-corrected chi connectivity index (χ0v) is 17.1. The van der Waals surface area contributed by atoms with E-state index in [1.54, 1.807) is 54.2 Å². The molecule has 0 spiro atoms. The minimum absolute atomic E-state index is 0.0761. The van der Waals surface area contributed by atoms with Crippen LogP contribution in [0.5, 0.6) is 5.75 Å². The van der Waals surface area contributed by atoms with Crippen LogP contribution < -0.4 is 10.1 Å². The first kappa shape index (κ1) is 20.7. The molecular weight excluding hydrogens is 414 g/mol. The van der Waals surface area contributed by atoms with Crippen molar-refractivity contribution in [2.24, 2.45) is 0 Å². The number of hydrogen-bond acceptors (Lipinski definition) is 7. The Morgan fingerprint density at radius 2 is 2.03 bits per heavy atom. The summed E-state index contributed by atoms with van der Waals surface area (Å²) in [6.45, 7) is 2.70. The molecule has 0 bridgehead atoms. The maximum Gasteiger partial charge on any atom is 0.278 e. The first-order chi connectivity index (χ1) is 15.5. The van der Waals surface area contributed by atoms with Crippen LogP contribution in [-0.4, -0.2) is 42.2 Å². The molecule has 2 aromatic carbocycles. The van der Waals surface area contributed by atoms with Gasteiger partial charge in [0.25, 0.3) is 11.6 Å². The van der Waals surface area contributed by atoms with Crippen molar-refractivity contribution in [2.45, 2.75) is 13.5 Å². The quantitative estimate of drug-likeness (QED) is 0.334. The van der Waals surface area contributed by atoms with Crippen LogP contribution >= 0.6 is 0 Å². The third-order valence-electron chi connectivity index (χ3n) is 4.63. The molecule has 162 valence electrons. The van der Waals surface area contributed by atoms with E-state index < -0.39 is 10.8 Å². The van der Waals surface area contributed by atoms with Crippen LogP contribution in [0.1, 0.15) is 16.2 Å². The van der Waals surface area contributed by atoms with E-state index in [0.717, 1.165) is 0 Å². The van der Waals surface area contributed by atoms with Gasteiger partial charge in [0.1, 0.15) is 12.4 Å². The molecule has 0 fully saturated rings. The lowest BCUT2D eigenvalue weighted by atomic mass is 10.2. The Morgan fingerprint density at radius 3 is 2.81 bits per heavy atom. The molecule has 4 aromatic rings. The summed E-state index contributed by atoms with van der Waals surface area (Å²) < 4.78 is 8.87. The van der Waals surface area contributed by atoms with Gasteiger partial charge in [-0.1, -0.05) is 17.3 Å². The molecule has 0 saturated carbocycles. The second-order valence-electron chi connectivity index (χ2n) is 6.81. The van der Waals surface area contributed by atoms with E-state index in [4.69, 9.17) is 4.74 Å². The minimum Gasteiger partial charge on any atom is -0.492 e. The molecule has 0 saturated heterocycles. The number of nitro groups is 1. The summed E-state index contributed by atoms with van der Waals surface area (Å²) in [5.74, 6) is 0.153. The largest absolute Gasteiger partial charge is 0.492 e. The van der Waals surface area contributed by atoms with Gasteiger partial charge >= 0.3 is 0 Å². The number of carbonyl (C=O) groups is 1. The number of hydrogen-bond donors (Lipinski definition) is 1. The number of nitrogens with one attached hydrogen (secondary N) is 1. The van der Waals surface area contributed by atoms with Crippen molar-refractivity contribution < 1.29 is 14.5 Å². The summed E-state index contributed by atoms with van der Waals surface area (Å²) in [7, 11) is 0. The molecule has 0 aliphatic carbocycles. The molecule has 1 amide bonds. The topological polar surface area (TPSA) is 130 Å². The zero-order chi connectivity index (χ0) is 22.5. The van der Waals surface area contributed by atoms with Crippen molar-refractivity contribution in [3.63, 3.8) is 0 Å². The van der Waals surface area contributed by atoms with E-state index in [1.807, 2.05) is 12.3 Å². The standard InChI is InChI=1S/C21H19N7O4/c1-15-20(24-25-27(15)17-6-3-7-18(14-17)28(30)31)21(29)23-16-5-2-8-19(13-16)32-12-11-26-10-4-9-22-26/h2-10,13-14H,11-12H2,1H3,(H,23,29). The van der Waals surface area contributed by atoms with E-state index >= 15 is 0 Å². The van der Waals surface area contributed by atoms with Gasteiger partial charge in [-0.15, -0.1) is 5.10 Å². The van der Waals surface area contributed by atoms with E-state index in [9.17, 15) is 14.9 Å². The fourth-order valence-corrected chi connectivity index (χ4v) is 3.07. The molecule has 0 atom stereocenters. The summed E-state index contributed by atoms with van der Waals surface area (Å²) in [5, 5.41) is 25.8. The highest BCUT2D eigenvalue weighted by Gasteiger charge is 2.19. The summed E-state index contributed by atoms with van der Waals surface area (Å²) in [6.07, 6.45) is 3.55. The Labute approximate surface area is 182 Å². The average molecular weight is 433 g/mol. The molecule has 32 heavy (non-hydrogen) atoms. The third kappa shape index (κ3) is 4.61. The van der Waals surface area contributed by atoms with Crippen molar-refractivity contribution in [1.29, 1.82) is 0 Å². The lowest BCUT2D eigenvalue weighted by molar-refractivity contribution is -0.384. The van der Waals surface area contributed by atoms with Crippen molar-refractivity contribution in [1.82, 2.24) is 24.8 Å². The van der Waals surface area contributed by atoms with Crippen LogP contribution in [0.25, 0.3) is 5.69 Å². The molecular formula is C21H19N7O4. The number of rotatable bonds is 8. The zero-order valence-electron chi connectivity index (χ0n) is 17.1. The normalized spacial score (nSPS) is 10.7. The highest BCUT2D eigenvalue weighted by Crippen LogP contribution is 2.21. The molecule has 0 unspecified atom stereocenters. The highest BCUT2D eigenvalue weighted by atomic mass is 16.6. The number of nitrogens with zero attached hydrogens (tertiary/aromatic N) is 6. The van der Waals surface area contributed by atoms with Crippen molar-refractivity contribution in [3.05, 3.63) is 88.5 Å². The fraction of sp³-hybridized carbons (Fsp3) is 0.143. The SMILES string of the molecule is Cc1c(C(=O)Nc2cccc(OCCn3cccn3)c2)nnn1-c1cccc([N+](=O)[O-])c1. The van der Waals surface area contributed by atoms with Gasteiger partial charge in [0.15, 0.2) is 5.69 Å². The second-order valence-corrected chi connectivity index (χ2v) is 6.81. The van der Waals surface area contributed by atoms with E-state index in [1.165, 1.54) is 16.8 Å². The predicted octanol–water partition coefficient (Wildman–Crippen LogP) is 3.01. The summed E-state index contributed by atoms with van der Waals surface area (Å²) >= 11 is 0. The summed E-state index contributed by atoms with van der Waals surface area (Å²) in [4.78, 5) is 23.3. The number of ether oxygens (including phenoxy) is 1. The van der Waals surface area contributed by atoms with Crippen LogP contribution in [0.15, 0.2) is 67.0 Å². The van der Waals surface area contributed by atoms with Crippen molar-refractivity contribution in [3.8, 4) is 11.4 Å². The number of anilines is 1. The Hall–Kier alpha value is -4.54. The van der Waals surface area contributed by atoms with Gasteiger partial charge in [-0.3, -0.25) is 19.6 Å². The van der Waals surface area contributed by atoms with E-state index in [-0.39, 0.29) is 11.4 Å². The fourth-order valence-electron chi connectivity index (χ4n) is 3.07. The van der Waals surface area contributed by atoms with Crippen LogP contribution in [0.2, 0.25) is 0 Å². The Kier molecular flexibility index (Phi) is 5.88. The van der Waals surface area contributed by atoms with Gasteiger partial charge in [0.05, 0.1) is 22.8 Å². The maximum atomic E-state index is 12.7. The summed E-state index contributed by atoms with van der Waals surface area (Å²) in [6, 6.07) is 14.8. The molecule has 11 nitrogen and oxygen atoms in total. The van der Waals surface area contributed by atoms with Crippen molar-refractivity contribution >= 4 is 17.3 Å². The Bertz CT molecular complexity index is 1250. The smallest absolute Gasteiger partial charge is 0.278 e. The lowest BCUT2D eigenvalue weighted by Crippen LogP contribution is -2.14. The second kappa shape index (κ2) is 9.08. The maximum absolute atomic E-state index is 12.7. The first-order valence-electron chi connectivity index (χ1n) is 9.70. The number of amides is 1. The molecule has 0 aliphatic rings. The number of non-ortho nitro benzene ring substituents is 1. The number of carbonyl (C=O) groups excluding carboxylic acids is 1. The Morgan fingerprint density at radius 1 is 1.19 bits per heavy atom. The van der Waals surface area contributed by atoms with Crippen LogP contribution in [0.4, 0.5) is 11.4 Å². The average Bonchev–Trinajstić information content (AvgIpc) is 3.44. The Balaban J connectivity index is 1.44. The molecule has 2 heterocycles. The number of benzene rings is 2.